The standard InChI is InChI=1S/C21H32BNO5/c1-19(2,3)26-18(24)23-13-12-17(14-23)25-16-10-8-15(9-11-16)22-27-20(4,5)21(6,7)28-22/h8-11,17H,12-14H2,1-7H3. The van der Waals surface area contributed by atoms with E-state index in [0.29, 0.717) is 13.1 Å². The minimum Gasteiger partial charge on any atom is -0.489 e. The summed E-state index contributed by atoms with van der Waals surface area (Å²) in [4.78, 5) is 13.9. The zero-order valence-corrected chi connectivity index (χ0v) is 18.1. The molecule has 2 heterocycles. The quantitative estimate of drug-likeness (QED) is 0.742. The molecule has 154 valence electrons. The molecule has 0 saturated carbocycles. The van der Waals surface area contributed by atoms with Crippen LogP contribution in [0.1, 0.15) is 54.9 Å². The molecular formula is C21H32BNO5. The lowest BCUT2D eigenvalue weighted by molar-refractivity contribution is 0.00578. The Morgan fingerprint density at radius 3 is 2.21 bits per heavy atom. The van der Waals surface area contributed by atoms with Crippen LogP contribution in [0.5, 0.6) is 5.75 Å². The molecule has 2 aliphatic rings. The summed E-state index contributed by atoms with van der Waals surface area (Å²) in [7, 11) is -0.381. The molecule has 0 radical (unpaired) electrons. The Bertz CT molecular complexity index is 695. The molecule has 0 aromatic heterocycles. The maximum atomic E-state index is 12.2. The van der Waals surface area contributed by atoms with Gasteiger partial charge in [0.25, 0.3) is 0 Å². The molecule has 0 bridgehead atoms. The number of amides is 1. The Labute approximate surface area is 168 Å². The van der Waals surface area contributed by atoms with Gasteiger partial charge >= 0.3 is 13.2 Å². The van der Waals surface area contributed by atoms with Gasteiger partial charge in [-0.15, -0.1) is 0 Å². The number of rotatable bonds is 3. The highest BCUT2D eigenvalue weighted by Crippen LogP contribution is 2.36. The van der Waals surface area contributed by atoms with Crippen LogP contribution in [0.3, 0.4) is 0 Å². The summed E-state index contributed by atoms with van der Waals surface area (Å²) in [6.07, 6.45) is 0.475. The van der Waals surface area contributed by atoms with Crippen LogP contribution < -0.4 is 10.2 Å². The second kappa shape index (κ2) is 7.27. The van der Waals surface area contributed by atoms with Crippen molar-refractivity contribution in [3.05, 3.63) is 24.3 Å². The van der Waals surface area contributed by atoms with E-state index in [4.69, 9.17) is 18.8 Å². The first-order chi connectivity index (χ1) is 12.9. The Morgan fingerprint density at radius 1 is 1.11 bits per heavy atom. The number of likely N-dealkylation sites (tertiary alicyclic amines) is 1. The first-order valence-electron chi connectivity index (χ1n) is 9.96. The maximum Gasteiger partial charge on any atom is 0.494 e. The van der Waals surface area contributed by atoms with Crippen LogP contribution in [0.2, 0.25) is 0 Å². The topological polar surface area (TPSA) is 57.2 Å². The number of carbonyl (C=O) groups excluding carboxylic acids is 1. The third-order valence-electron chi connectivity index (χ3n) is 5.50. The van der Waals surface area contributed by atoms with E-state index in [-0.39, 0.29) is 30.5 Å². The van der Waals surface area contributed by atoms with E-state index in [2.05, 4.69) is 0 Å². The predicted molar refractivity (Wildman–Crippen MR) is 109 cm³/mol. The molecule has 2 aliphatic heterocycles. The zero-order valence-electron chi connectivity index (χ0n) is 18.1. The van der Waals surface area contributed by atoms with E-state index >= 15 is 0 Å². The van der Waals surface area contributed by atoms with Crippen molar-refractivity contribution in [2.24, 2.45) is 0 Å². The molecule has 1 aromatic carbocycles. The highest BCUT2D eigenvalue weighted by Gasteiger charge is 2.51. The van der Waals surface area contributed by atoms with Gasteiger partial charge in [-0.25, -0.2) is 4.79 Å². The summed E-state index contributed by atoms with van der Waals surface area (Å²) in [5, 5.41) is 0. The first kappa shape index (κ1) is 21.0. The van der Waals surface area contributed by atoms with Crippen molar-refractivity contribution in [3.8, 4) is 5.75 Å². The molecule has 0 N–H and O–H groups in total. The van der Waals surface area contributed by atoms with Crippen LogP contribution in [0.4, 0.5) is 4.79 Å². The van der Waals surface area contributed by atoms with E-state index in [1.165, 1.54) is 0 Å². The number of nitrogens with zero attached hydrogens (tertiary/aromatic N) is 1. The van der Waals surface area contributed by atoms with Gasteiger partial charge in [0.1, 0.15) is 17.5 Å². The van der Waals surface area contributed by atoms with Gasteiger partial charge < -0.3 is 23.7 Å². The van der Waals surface area contributed by atoms with E-state index < -0.39 is 5.60 Å². The summed E-state index contributed by atoms with van der Waals surface area (Å²) >= 11 is 0. The normalized spacial score (nSPS) is 23.8. The van der Waals surface area contributed by atoms with Crippen LogP contribution in [-0.4, -0.2) is 54.1 Å². The summed E-state index contributed by atoms with van der Waals surface area (Å²) in [5.41, 5.74) is -0.240. The highest BCUT2D eigenvalue weighted by atomic mass is 16.7. The van der Waals surface area contributed by atoms with Crippen LogP contribution in [0.15, 0.2) is 24.3 Å². The third-order valence-corrected chi connectivity index (χ3v) is 5.50. The van der Waals surface area contributed by atoms with E-state index in [0.717, 1.165) is 17.6 Å². The Morgan fingerprint density at radius 2 is 1.68 bits per heavy atom. The van der Waals surface area contributed by atoms with Crippen molar-refractivity contribution in [1.29, 1.82) is 0 Å². The summed E-state index contributed by atoms with van der Waals surface area (Å²) < 4.78 is 23.6. The van der Waals surface area contributed by atoms with Crippen molar-refractivity contribution in [1.82, 2.24) is 4.90 Å². The Hall–Kier alpha value is -1.73. The fourth-order valence-electron chi connectivity index (χ4n) is 3.19. The van der Waals surface area contributed by atoms with Gasteiger partial charge in [-0.05, 0) is 66.1 Å². The summed E-state index contributed by atoms with van der Waals surface area (Å²) in [6, 6.07) is 7.79. The fourth-order valence-corrected chi connectivity index (χ4v) is 3.19. The smallest absolute Gasteiger partial charge is 0.489 e. The van der Waals surface area contributed by atoms with Crippen molar-refractivity contribution < 1.29 is 23.6 Å². The lowest BCUT2D eigenvalue weighted by Crippen LogP contribution is -2.41. The molecule has 0 aliphatic carbocycles. The molecule has 7 heteroatoms. The van der Waals surface area contributed by atoms with Gasteiger partial charge in [-0.3, -0.25) is 0 Å². The molecule has 0 spiro atoms. The van der Waals surface area contributed by atoms with Gasteiger partial charge in [-0.1, -0.05) is 12.1 Å². The SMILES string of the molecule is CC(C)(C)OC(=O)N1CCC(Oc2ccc(B3OC(C)(C)C(C)(C)O3)cc2)C1. The number of ether oxygens (including phenoxy) is 2. The zero-order chi connectivity index (χ0) is 20.7. The number of benzene rings is 1. The molecule has 2 fully saturated rings. The van der Waals surface area contributed by atoms with Crippen LogP contribution in [0.25, 0.3) is 0 Å². The molecular weight excluding hydrogens is 357 g/mol. The van der Waals surface area contributed by atoms with Gasteiger partial charge in [0, 0.05) is 13.0 Å². The number of hydrogen-bond donors (Lipinski definition) is 0. The molecule has 1 unspecified atom stereocenters. The summed E-state index contributed by atoms with van der Waals surface area (Å²) in [5.74, 6) is 0.774. The second-order valence-corrected chi connectivity index (χ2v) is 9.61. The van der Waals surface area contributed by atoms with Crippen LogP contribution >= 0.6 is 0 Å². The second-order valence-electron chi connectivity index (χ2n) is 9.61. The molecule has 1 aromatic rings. The molecule has 28 heavy (non-hydrogen) atoms. The third kappa shape index (κ3) is 4.63. The van der Waals surface area contributed by atoms with Crippen LogP contribution in [0, 0.1) is 0 Å². The summed E-state index contributed by atoms with van der Waals surface area (Å²) in [6.45, 7) is 15.0. The van der Waals surface area contributed by atoms with Crippen molar-refractivity contribution >= 4 is 18.7 Å². The van der Waals surface area contributed by atoms with E-state index in [1.807, 2.05) is 72.7 Å². The minimum absolute atomic E-state index is 0.0322. The Balaban J connectivity index is 1.55. The minimum atomic E-state index is -0.487. The lowest BCUT2D eigenvalue weighted by Gasteiger charge is -2.32. The Kier molecular flexibility index (Phi) is 5.45. The average molecular weight is 389 g/mol. The van der Waals surface area contributed by atoms with E-state index in [9.17, 15) is 4.79 Å². The van der Waals surface area contributed by atoms with Gasteiger partial charge in [0.15, 0.2) is 0 Å². The van der Waals surface area contributed by atoms with Crippen molar-refractivity contribution in [3.63, 3.8) is 0 Å². The maximum absolute atomic E-state index is 12.2. The number of carbonyl (C=O) groups is 1. The largest absolute Gasteiger partial charge is 0.494 e. The number of hydrogen-bond acceptors (Lipinski definition) is 5. The molecule has 1 amide bonds. The average Bonchev–Trinajstić information content (AvgIpc) is 3.09. The molecule has 1 atom stereocenters. The van der Waals surface area contributed by atoms with Gasteiger partial charge in [-0.2, -0.15) is 0 Å². The van der Waals surface area contributed by atoms with Gasteiger partial charge in [0.05, 0.1) is 17.7 Å². The lowest BCUT2D eigenvalue weighted by atomic mass is 9.79. The first-order valence-corrected chi connectivity index (χ1v) is 9.96. The molecule has 6 nitrogen and oxygen atoms in total. The molecule has 2 saturated heterocycles. The van der Waals surface area contributed by atoms with Crippen molar-refractivity contribution in [2.75, 3.05) is 13.1 Å². The predicted octanol–water partition coefficient (Wildman–Crippen LogP) is 3.37. The van der Waals surface area contributed by atoms with Crippen LogP contribution in [-0.2, 0) is 14.0 Å². The fraction of sp³-hybridized carbons (Fsp3) is 0.667. The molecule has 3 rings (SSSR count). The van der Waals surface area contributed by atoms with Crippen molar-refractivity contribution in [2.45, 2.75) is 77.8 Å². The monoisotopic (exact) mass is 389 g/mol. The highest BCUT2D eigenvalue weighted by molar-refractivity contribution is 6.62. The van der Waals surface area contributed by atoms with Gasteiger partial charge in [0.2, 0.25) is 0 Å². The van der Waals surface area contributed by atoms with E-state index in [1.54, 1.807) is 4.90 Å².